The highest BCUT2D eigenvalue weighted by Crippen LogP contribution is 2.15. The summed E-state index contributed by atoms with van der Waals surface area (Å²) in [7, 11) is 1.56. The van der Waals surface area contributed by atoms with Gasteiger partial charge in [-0.05, 0) is 54.1 Å². The number of fused-ring (bicyclic) bond motifs is 1. The van der Waals surface area contributed by atoms with E-state index in [0.29, 0.717) is 27.4 Å². The standard InChI is InChI=1S/C24H20ClN3O4/c1-32-19-12-10-18(11-13-19)26-22(29)15-27-21-5-3-2-4-20(21)23(30)28(24(27)31)14-16-6-8-17(25)9-7-16/h2-13H,14-15H2,1H3,(H,26,29). The predicted octanol–water partition coefficient (Wildman–Crippen LogP) is 3.51. The second kappa shape index (κ2) is 9.11. The van der Waals surface area contributed by atoms with Gasteiger partial charge in [0.2, 0.25) is 5.91 Å². The van der Waals surface area contributed by atoms with Crippen molar-refractivity contribution in [3.8, 4) is 5.75 Å². The van der Waals surface area contributed by atoms with Crippen LogP contribution in [0.2, 0.25) is 5.02 Å². The van der Waals surface area contributed by atoms with E-state index in [2.05, 4.69) is 5.32 Å². The van der Waals surface area contributed by atoms with Crippen molar-refractivity contribution in [2.75, 3.05) is 12.4 Å². The fourth-order valence-corrected chi connectivity index (χ4v) is 3.58. The smallest absolute Gasteiger partial charge is 0.332 e. The monoisotopic (exact) mass is 449 g/mol. The summed E-state index contributed by atoms with van der Waals surface area (Å²) in [5, 5.41) is 3.69. The van der Waals surface area contributed by atoms with Gasteiger partial charge in [0.15, 0.2) is 0 Å². The Labute approximate surface area is 188 Å². The molecule has 1 amide bonds. The van der Waals surface area contributed by atoms with Crippen LogP contribution in [0.4, 0.5) is 5.69 Å². The summed E-state index contributed by atoms with van der Waals surface area (Å²) in [6.45, 7) is -0.175. The Bertz CT molecular complexity index is 1390. The van der Waals surface area contributed by atoms with Crippen molar-refractivity contribution in [2.45, 2.75) is 13.1 Å². The zero-order chi connectivity index (χ0) is 22.7. The van der Waals surface area contributed by atoms with Gasteiger partial charge in [-0.25, -0.2) is 4.79 Å². The van der Waals surface area contributed by atoms with Crippen molar-refractivity contribution < 1.29 is 9.53 Å². The summed E-state index contributed by atoms with van der Waals surface area (Å²) >= 11 is 5.94. The third-order valence-electron chi connectivity index (χ3n) is 5.06. The number of para-hydroxylation sites is 1. The number of amides is 1. The first kappa shape index (κ1) is 21.4. The van der Waals surface area contributed by atoms with E-state index in [4.69, 9.17) is 16.3 Å². The minimum atomic E-state index is -0.562. The molecule has 1 N–H and O–H groups in total. The fourth-order valence-electron chi connectivity index (χ4n) is 3.45. The maximum absolute atomic E-state index is 13.2. The average molecular weight is 450 g/mol. The molecule has 4 aromatic rings. The third-order valence-corrected chi connectivity index (χ3v) is 5.31. The van der Waals surface area contributed by atoms with Crippen LogP contribution in [0.5, 0.6) is 5.75 Å². The van der Waals surface area contributed by atoms with Crippen LogP contribution in [-0.4, -0.2) is 22.2 Å². The average Bonchev–Trinajstić information content (AvgIpc) is 2.81. The van der Waals surface area contributed by atoms with Crippen molar-refractivity contribution in [3.63, 3.8) is 0 Å². The van der Waals surface area contributed by atoms with Crippen molar-refractivity contribution in [2.24, 2.45) is 0 Å². The molecule has 1 aromatic heterocycles. The van der Waals surface area contributed by atoms with Crippen molar-refractivity contribution in [1.82, 2.24) is 9.13 Å². The van der Waals surface area contributed by atoms with Crippen LogP contribution >= 0.6 is 11.6 Å². The summed E-state index contributed by atoms with van der Waals surface area (Å²) in [4.78, 5) is 39.0. The molecule has 7 nitrogen and oxygen atoms in total. The summed E-state index contributed by atoms with van der Waals surface area (Å²) < 4.78 is 7.56. The minimum absolute atomic E-state index is 0.0692. The van der Waals surface area contributed by atoms with Gasteiger partial charge in [-0.15, -0.1) is 0 Å². The Morgan fingerprint density at radius 1 is 0.938 bits per heavy atom. The molecule has 8 heteroatoms. The first-order valence-corrected chi connectivity index (χ1v) is 10.2. The second-order valence-corrected chi connectivity index (χ2v) is 7.62. The lowest BCUT2D eigenvalue weighted by molar-refractivity contribution is -0.116. The quantitative estimate of drug-likeness (QED) is 0.488. The van der Waals surface area contributed by atoms with Crippen LogP contribution in [0.15, 0.2) is 82.4 Å². The Morgan fingerprint density at radius 2 is 1.62 bits per heavy atom. The Balaban J connectivity index is 1.71. The lowest BCUT2D eigenvalue weighted by atomic mass is 10.2. The lowest BCUT2D eigenvalue weighted by Crippen LogP contribution is -2.42. The molecule has 1 heterocycles. The molecule has 162 valence electrons. The normalized spacial score (nSPS) is 10.8. The van der Waals surface area contributed by atoms with Crippen LogP contribution in [0.1, 0.15) is 5.56 Å². The molecule has 0 unspecified atom stereocenters. The van der Waals surface area contributed by atoms with Crippen LogP contribution in [0.3, 0.4) is 0 Å². The Morgan fingerprint density at radius 3 is 2.31 bits per heavy atom. The number of anilines is 1. The zero-order valence-corrected chi connectivity index (χ0v) is 18.0. The molecule has 0 radical (unpaired) electrons. The number of rotatable bonds is 6. The highest BCUT2D eigenvalue weighted by Gasteiger charge is 2.16. The predicted molar refractivity (Wildman–Crippen MR) is 125 cm³/mol. The number of nitrogens with zero attached hydrogens (tertiary/aromatic N) is 2. The highest BCUT2D eigenvalue weighted by molar-refractivity contribution is 6.30. The van der Waals surface area contributed by atoms with Gasteiger partial charge in [0.25, 0.3) is 5.56 Å². The van der Waals surface area contributed by atoms with E-state index in [1.165, 1.54) is 4.57 Å². The second-order valence-electron chi connectivity index (χ2n) is 7.18. The molecule has 0 aliphatic heterocycles. The molecule has 0 aliphatic carbocycles. The van der Waals surface area contributed by atoms with Gasteiger partial charge in [-0.2, -0.15) is 0 Å². The summed E-state index contributed by atoms with van der Waals surface area (Å²) in [5.41, 5.74) is 0.751. The molecule has 0 saturated heterocycles. The first-order valence-electron chi connectivity index (χ1n) is 9.87. The molecular formula is C24H20ClN3O4. The van der Waals surface area contributed by atoms with E-state index in [9.17, 15) is 14.4 Å². The number of benzene rings is 3. The molecular weight excluding hydrogens is 430 g/mol. The van der Waals surface area contributed by atoms with Gasteiger partial charge < -0.3 is 10.1 Å². The number of methoxy groups -OCH3 is 1. The number of hydrogen-bond donors (Lipinski definition) is 1. The fraction of sp³-hybridized carbons (Fsp3) is 0.125. The van der Waals surface area contributed by atoms with Gasteiger partial charge in [0.05, 0.1) is 24.6 Å². The van der Waals surface area contributed by atoms with Crippen LogP contribution < -0.4 is 21.3 Å². The molecule has 32 heavy (non-hydrogen) atoms. The van der Waals surface area contributed by atoms with Crippen LogP contribution in [-0.2, 0) is 17.9 Å². The van der Waals surface area contributed by atoms with Crippen LogP contribution in [0.25, 0.3) is 10.9 Å². The van der Waals surface area contributed by atoms with Gasteiger partial charge in [0.1, 0.15) is 12.3 Å². The first-order chi connectivity index (χ1) is 15.5. The molecule has 4 rings (SSSR count). The van der Waals surface area contributed by atoms with E-state index in [-0.39, 0.29) is 19.0 Å². The van der Waals surface area contributed by atoms with Gasteiger partial charge >= 0.3 is 5.69 Å². The lowest BCUT2D eigenvalue weighted by Gasteiger charge is -2.14. The van der Waals surface area contributed by atoms with Gasteiger partial charge in [-0.1, -0.05) is 35.9 Å². The molecule has 3 aromatic carbocycles. The summed E-state index contributed by atoms with van der Waals surface area (Å²) in [6.07, 6.45) is 0. The number of nitrogens with one attached hydrogen (secondary N) is 1. The SMILES string of the molecule is COc1ccc(NC(=O)Cn2c(=O)n(Cc3ccc(Cl)cc3)c(=O)c3ccccc32)cc1. The molecule has 0 atom stereocenters. The number of aromatic nitrogens is 2. The molecule has 0 aliphatic rings. The van der Waals surface area contributed by atoms with E-state index >= 15 is 0 Å². The van der Waals surface area contributed by atoms with E-state index in [0.717, 1.165) is 10.1 Å². The number of ether oxygens (including phenoxy) is 1. The molecule has 0 bridgehead atoms. The number of carbonyl (C=O) groups excluding carboxylic acids is 1. The molecule has 0 spiro atoms. The van der Waals surface area contributed by atoms with E-state index in [1.54, 1.807) is 79.9 Å². The van der Waals surface area contributed by atoms with E-state index < -0.39 is 11.2 Å². The third kappa shape index (κ3) is 4.43. The topological polar surface area (TPSA) is 82.3 Å². The molecule has 0 saturated carbocycles. The highest BCUT2D eigenvalue weighted by atomic mass is 35.5. The van der Waals surface area contributed by atoms with Crippen molar-refractivity contribution in [3.05, 3.63) is 104 Å². The van der Waals surface area contributed by atoms with E-state index in [1.807, 2.05) is 0 Å². The molecule has 0 fully saturated rings. The van der Waals surface area contributed by atoms with Crippen molar-refractivity contribution >= 4 is 34.1 Å². The van der Waals surface area contributed by atoms with Crippen LogP contribution in [0, 0.1) is 0 Å². The number of halogens is 1. The number of hydrogen-bond acceptors (Lipinski definition) is 4. The summed E-state index contributed by atoms with van der Waals surface area (Å²) in [6, 6.07) is 20.5. The maximum Gasteiger partial charge on any atom is 0.332 e. The number of carbonyl (C=O) groups is 1. The van der Waals surface area contributed by atoms with Gasteiger partial charge in [-0.3, -0.25) is 18.7 Å². The van der Waals surface area contributed by atoms with Gasteiger partial charge in [0, 0.05) is 10.7 Å². The summed E-state index contributed by atoms with van der Waals surface area (Å²) in [5.74, 6) is 0.276. The Kier molecular flexibility index (Phi) is 6.09. The van der Waals surface area contributed by atoms with Crippen molar-refractivity contribution in [1.29, 1.82) is 0 Å². The zero-order valence-electron chi connectivity index (χ0n) is 17.2. The maximum atomic E-state index is 13.2. The minimum Gasteiger partial charge on any atom is -0.497 e. The largest absolute Gasteiger partial charge is 0.497 e. The Hall–Kier alpha value is -3.84.